The number of benzene rings is 3. The van der Waals surface area contributed by atoms with Crippen LogP contribution in [0.25, 0.3) is 0 Å². The molecule has 0 bridgehead atoms. The Bertz CT molecular complexity index is 1260. The van der Waals surface area contributed by atoms with Crippen LogP contribution in [0.2, 0.25) is 0 Å². The number of para-hydroxylation sites is 2. The molecule has 1 unspecified atom stereocenters. The molecule has 8 heteroatoms. The summed E-state index contributed by atoms with van der Waals surface area (Å²) in [5.41, 5.74) is 2.83. The Kier molecular flexibility index (Phi) is 8.07. The molecule has 2 amide bonds. The molecule has 0 saturated heterocycles. The molecule has 3 rings (SSSR count). The summed E-state index contributed by atoms with van der Waals surface area (Å²) < 4.78 is 26.1. The normalized spacial score (nSPS) is 12.0. The van der Waals surface area contributed by atoms with E-state index < -0.39 is 22.5 Å². The minimum atomic E-state index is -3.72. The summed E-state index contributed by atoms with van der Waals surface area (Å²) in [4.78, 5) is 25.9. The van der Waals surface area contributed by atoms with Crippen molar-refractivity contribution in [1.82, 2.24) is 5.32 Å². The van der Waals surface area contributed by atoms with Gasteiger partial charge in [0.05, 0.1) is 29.2 Å². The highest BCUT2D eigenvalue weighted by Gasteiger charge is 2.24. The molecule has 3 aromatic rings. The van der Waals surface area contributed by atoms with Crippen molar-refractivity contribution in [3.63, 3.8) is 0 Å². The van der Waals surface area contributed by atoms with Gasteiger partial charge in [0.1, 0.15) is 6.54 Å². The van der Waals surface area contributed by atoms with Gasteiger partial charge in [0.2, 0.25) is 15.9 Å². The largest absolute Gasteiger partial charge is 0.345 e. The fourth-order valence-corrected chi connectivity index (χ4v) is 4.53. The fourth-order valence-electron chi connectivity index (χ4n) is 3.64. The Balaban J connectivity index is 1.79. The maximum absolute atomic E-state index is 12.9. The van der Waals surface area contributed by atoms with E-state index in [0.29, 0.717) is 23.4 Å². The zero-order chi connectivity index (χ0) is 24.7. The first-order valence-electron chi connectivity index (χ1n) is 11.0. The van der Waals surface area contributed by atoms with Gasteiger partial charge in [-0.3, -0.25) is 13.9 Å². The molecule has 0 radical (unpaired) electrons. The third-order valence-corrected chi connectivity index (χ3v) is 6.55. The molecule has 0 saturated carbocycles. The lowest BCUT2D eigenvalue weighted by atomic mass is 10.1. The molecule has 178 valence electrons. The summed E-state index contributed by atoms with van der Waals surface area (Å²) in [7, 11) is -3.72. The van der Waals surface area contributed by atoms with Gasteiger partial charge in [0, 0.05) is 0 Å². The SMILES string of the molecule is CCc1ccccc1N(CC(=O)Nc1ccccc1C(=O)NC(C)c1ccccc1)S(C)(=O)=O. The third kappa shape index (κ3) is 6.23. The van der Waals surface area contributed by atoms with E-state index in [4.69, 9.17) is 0 Å². The average molecular weight is 480 g/mol. The molecule has 2 N–H and O–H groups in total. The second-order valence-corrected chi connectivity index (χ2v) is 9.86. The summed E-state index contributed by atoms with van der Waals surface area (Å²) in [5, 5.41) is 5.64. The maximum atomic E-state index is 12.9. The van der Waals surface area contributed by atoms with Crippen molar-refractivity contribution in [2.45, 2.75) is 26.3 Å². The van der Waals surface area contributed by atoms with Crippen molar-refractivity contribution in [3.05, 3.63) is 95.6 Å². The number of carbonyl (C=O) groups excluding carboxylic acids is 2. The summed E-state index contributed by atoms with van der Waals surface area (Å²) >= 11 is 0. The van der Waals surface area contributed by atoms with Crippen LogP contribution >= 0.6 is 0 Å². The van der Waals surface area contributed by atoms with Crippen LogP contribution in [-0.2, 0) is 21.2 Å². The fraction of sp³-hybridized carbons (Fsp3) is 0.231. The first-order chi connectivity index (χ1) is 16.2. The molecule has 0 heterocycles. The van der Waals surface area contributed by atoms with E-state index in [2.05, 4.69) is 10.6 Å². The highest BCUT2D eigenvalue weighted by Crippen LogP contribution is 2.24. The van der Waals surface area contributed by atoms with Crippen molar-refractivity contribution in [3.8, 4) is 0 Å². The Hall–Kier alpha value is -3.65. The van der Waals surface area contributed by atoms with Gasteiger partial charge in [-0.25, -0.2) is 8.42 Å². The molecular formula is C26H29N3O4S. The summed E-state index contributed by atoms with van der Waals surface area (Å²) in [5.74, 6) is -0.892. The van der Waals surface area contributed by atoms with Crippen molar-refractivity contribution >= 4 is 33.2 Å². The van der Waals surface area contributed by atoms with Crippen molar-refractivity contribution in [2.24, 2.45) is 0 Å². The standard InChI is InChI=1S/C26H29N3O4S/c1-4-20-12-8-11-17-24(20)29(34(3,32)33)18-25(30)28-23-16-10-9-15-22(23)26(31)27-19(2)21-13-6-5-7-14-21/h5-17,19H,4,18H2,1-3H3,(H,27,31)(H,28,30). The summed E-state index contributed by atoms with van der Waals surface area (Å²) in [6.07, 6.45) is 1.69. The molecule has 3 aromatic carbocycles. The number of sulfonamides is 1. The molecule has 7 nitrogen and oxygen atoms in total. The highest BCUT2D eigenvalue weighted by atomic mass is 32.2. The zero-order valence-corrected chi connectivity index (χ0v) is 20.3. The van der Waals surface area contributed by atoms with Gasteiger partial charge in [-0.2, -0.15) is 0 Å². The minimum Gasteiger partial charge on any atom is -0.345 e. The smallest absolute Gasteiger partial charge is 0.253 e. The quantitative estimate of drug-likeness (QED) is 0.482. The van der Waals surface area contributed by atoms with Crippen LogP contribution in [0.4, 0.5) is 11.4 Å². The van der Waals surface area contributed by atoms with Crippen LogP contribution in [0.5, 0.6) is 0 Å². The van der Waals surface area contributed by atoms with Gasteiger partial charge in [-0.15, -0.1) is 0 Å². The predicted molar refractivity (Wildman–Crippen MR) is 135 cm³/mol. The lowest BCUT2D eigenvalue weighted by Crippen LogP contribution is -2.38. The second-order valence-electron chi connectivity index (χ2n) is 7.95. The number of rotatable bonds is 9. The van der Waals surface area contributed by atoms with Crippen LogP contribution in [-0.4, -0.2) is 33.0 Å². The van der Waals surface area contributed by atoms with Gasteiger partial charge in [-0.05, 0) is 42.7 Å². The van der Waals surface area contributed by atoms with Gasteiger partial charge in [0.15, 0.2) is 0 Å². The first-order valence-corrected chi connectivity index (χ1v) is 12.9. The van der Waals surface area contributed by atoms with Crippen LogP contribution < -0.4 is 14.9 Å². The van der Waals surface area contributed by atoms with Crippen molar-refractivity contribution in [2.75, 3.05) is 22.4 Å². The number of nitrogens with zero attached hydrogens (tertiary/aromatic N) is 1. The number of nitrogens with one attached hydrogen (secondary N) is 2. The minimum absolute atomic E-state index is 0.233. The van der Waals surface area contributed by atoms with E-state index >= 15 is 0 Å². The van der Waals surface area contributed by atoms with E-state index in [1.54, 1.807) is 36.4 Å². The monoisotopic (exact) mass is 479 g/mol. The maximum Gasteiger partial charge on any atom is 0.253 e. The zero-order valence-electron chi connectivity index (χ0n) is 19.5. The Morgan fingerprint density at radius 1 is 0.912 bits per heavy atom. The molecule has 34 heavy (non-hydrogen) atoms. The molecule has 0 aliphatic carbocycles. The number of amides is 2. The van der Waals surface area contributed by atoms with Gasteiger partial charge < -0.3 is 10.6 Å². The second kappa shape index (κ2) is 11.0. The molecule has 0 aromatic heterocycles. The van der Waals surface area contributed by atoms with E-state index in [1.807, 2.05) is 56.3 Å². The number of anilines is 2. The third-order valence-electron chi connectivity index (χ3n) is 5.42. The summed E-state index contributed by atoms with van der Waals surface area (Å²) in [6, 6.07) is 23.0. The van der Waals surface area contributed by atoms with Gasteiger partial charge in [-0.1, -0.05) is 67.6 Å². The topological polar surface area (TPSA) is 95.6 Å². The molecule has 0 fully saturated rings. The molecule has 0 aliphatic rings. The van der Waals surface area contributed by atoms with Crippen molar-refractivity contribution in [1.29, 1.82) is 0 Å². The van der Waals surface area contributed by atoms with Crippen LogP contribution in [0.1, 0.15) is 41.4 Å². The van der Waals surface area contributed by atoms with Gasteiger partial charge in [0.25, 0.3) is 5.91 Å². The molecular weight excluding hydrogens is 450 g/mol. The van der Waals surface area contributed by atoms with Gasteiger partial charge >= 0.3 is 0 Å². The number of hydrogen-bond acceptors (Lipinski definition) is 4. The average Bonchev–Trinajstić information content (AvgIpc) is 2.82. The molecule has 0 spiro atoms. The Morgan fingerprint density at radius 2 is 1.53 bits per heavy atom. The lowest BCUT2D eigenvalue weighted by molar-refractivity contribution is -0.114. The molecule has 0 aliphatic heterocycles. The number of hydrogen-bond donors (Lipinski definition) is 2. The lowest BCUT2D eigenvalue weighted by Gasteiger charge is -2.24. The number of aryl methyl sites for hydroxylation is 1. The van der Waals surface area contributed by atoms with E-state index in [1.165, 1.54) is 0 Å². The highest BCUT2D eigenvalue weighted by molar-refractivity contribution is 7.92. The van der Waals surface area contributed by atoms with E-state index in [-0.39, 0.29) is 11.9 Å². The molecule has 1 atom stereocenters. The van der Waals surface area contributed by atoms with Crippen LogP contribution in [0, 0.1) is 0 Å². The van der Waals surface area contributed by atoms with E-state index in [0.717, 1.165) is 21.7 Å². The van der Waals surface area contributed by atoms with E-state index in [9.17, 15) is 18.0 Å². The Labute approximate surface area is 200 Å². The first kappa shape index (κ1) is 25.0. The van der Waals surface area contributed by atoms with Crippen molar-refractivity contribution < 1.29 is 18.0 Å². The van der Waals surface area contributed by atoms with Crippen LogP contribution in [0.3, 0.4) is 0 Å². The number of carbonyl (C=O) groups is 2. The summed E-state index contributed by atoms with van der Waals surface area (Å²) in [6.45, 7) is 3.39. The van der Waals surface area contributed by atoms with Crippen LogP contribution in [0.15, 0.2) is 78.9 Å². The predicted octanol–water partition coefficient (Wildman–Crippen LogP) is 4.14. The Morgan fingerprint density at radius 3 is 2.21 bits per heavy atom.